The third-order valence-electron chi connectivity index (χ3n) is 3.94. The van der Waals surface area contributed by atoms with Crippen molar-refractivity contribution < 1.29 is 23.1 Å². The van der Waals surface area contributed by atoms with Gasteiger partial charge in [0.2, 0.25) is 5.91 Å². The predicted molar refractivity (Wildman–Crippen MR) is 72.4 cm³/mol. The van der Waals surface area contributed by atoms with Crippen LogP contribution in [0.15, 0.2) is 18.3 Å². The summed E-state index contributed by atoms with van der Waals surface area (Å²) in [5.41, 5.74) is 4.32. The van der Waals surface area contributed by atoms with Gasteiger partial charge in [-0.15, -0.1) is 0 Å². The topological polar surface area (TPSA) is 79.5 Å². The summed E-state index contributed by atoms with van der Waals surface area (Å²) in [5, 5.41) is 9.62. The van der Waals surface area contributed by atoms with Crippen molar-refractivity contribution in [3.63, 3.8) is 0 Å². The van der Waals surface area contributed by atoms with E-state index < -0.39 is 23.8 Å². The van der Waals surface area contributed by atoms with Crippen LogP contribution in [0.25, 0.3) is 0 Å². The molecular formula is C14H18F3N3O2. The lowest BCUT2D eigenvalue weighted by atomic mass is 9.91. The van der Waals surface area contributed by atoms with Gasteiger partial charge in [-0.3, -0.25) is 14.7 Å². The van der Waals surface area contributed by atoms with E-state index in [9.17, 15) is 23.1 Å². The van der Waals surface area contributed by atoms with Crippen LogP contribution in [0.1, 0.15) is 24.1 Å². The van der Waals surface area contributed by atoms with E-state index in [0.29, 0.717) is 25.9 Å². The van der Waals surface area contributed by atoms with Gasteiger partial charge in [-0.1, -0.05) is 0 Å². The molecule has 2 rings (SSSR count). The van der Waals surface area contributed by atoms with Gasteiger partial charge in [-0.05, 0) is 44.0 Å². The quantitative estimate of drug-likeness (QED) is 0.873. The lowest BCUT2D eigenvalue weighted by Gasteiger charge is -2.33. The van der Waals surface area contributed by atoms with E-state index in [4.69, 9.17) is 5.73 Å². The van der Waals surface area contributed by atoms with Crippen LogP contribution in [0.2, 0.25) is 0 Å². The fourth-order valence-electron chi connectivity index (χ4n) is 2.69. The molecule has 1 fully saturated rings. The zero-order chi connectivity index (χ0) is 16.3. The molecule has 1 aromatic rings. The van der Waals surface area contributed by atoms with Gasteiger partial charge in [0.15, 0.2) is 0 Å². The molecular weight excluding hydrogens is 299 g/mol. The maximum absolute atomic E-state index is 12.9. The Kier molecular flexibility index (Phi) is 5.02. The minimum atomic E-state index is -4.43. The molecule has 1 atom stereocenters. The summed E-state index contributed by atoms with van der Waals surface area (Å²) in [6, 6.07) is 2.29. The monoisotopic (exact) mass is 317 g/mol. The van der Waals surface area contributed by atoms with Crippen molar-refractivity contribution in [2.45, 2.75) is 31.7 Å². The van der Waals surface area contributed by atoms with Gasteiger partial charge in [0.05, 0.1) is 11.3 Å². The largest absolute Gasteiger partial charge is 0.418 e. The Hall–Kier alpha value is -1.67. The second-order valence-electron chi connectivity index (χ2n) is 5.46. The molecule has 0 radical (unpaired) electrons. The number of carbonyl (C=O) groups is 1. The second kappa shape index (κ2) is 6.62. The fraction of sp³-hybridized carbons (Fsp3) is 0.571. The van der Waals surface area contributed by atoms with Gasteiger partial charge in [0.1, 0.15) is 6.10 Å². The Balaban J connectivity index is 1.99. The van der Waals surface area contributed by atoms with Crippen LogP contribution in [-0.4, -0.2) is 40.1 Å². The molecule has 0 spiro atoms. The van der Waals surface area contributed by atoms with E-state index >= 15 is 0 Å². The van der Waals surface area contributed by atoms with Gasteiger partial charge >= 0.3 is 6.18 Å². The molecule has 1 aliphatic heterocycles. The SMILES string of the molecule is NC(=O)[C@@H](O)C1CCN(Cc2ncccc2C(F)(F)F)CC1. The number of hydrogen-bond donors (Lipinski definition) is 2. The molecule has 5 nitrogen and oxygen atoms in total. The Morgan fingerprint density at radius 1 is 1.45 bits per heavy atom. The molecule has 2 heterocycles. The lowest BCUT2D eigenvalue weighted by molar-refractivity contribution is -0.139. The average Bonchev–Trinajstić information content (AvgIpc) is 2.46. The predicted octanol–water partition coefficient (Wildman–Crippen LogP) is 1.16. The number of halogens is 3. The Labute approximate surface area is 125 Å². The van der Waals surface area contributed by atoms with Crippen molar-refractivity contribution in [3.8, 4) is 0 Å². The van der Waals surface area contributed by atoms with E-state index in [1.807, 2.05) is 4.90 Å². The molecule has 8 heteroatoms. The first-order valence-corrected chi connectivity index (χ1v) is 7.00. The number of likely N-dealkylation sites (tertiary alicyclic amines) is 1. The number of nitrogens with zero attached hydrogens (tertiary/aromatic N) is 2. The molecule has 0 saturated carbocycles. The minimum absolute atomic E-state index is 0.0103. The Morgan fingerprint density at radius 2 is 2.09 bits per heavy atom. The van der Waals surface area contributed by atoms with E-state index in [0.717, 1.165) is 6.07 Å². The maximum atomic E-state index is 12.9. The minimum Gasteiger partial charge on any atom is -0.383 e. The van der Waals surface area contributed by atoms with E-state index in [1.165, 1.54) is 12.3 Å². The number of alkyl halides is 3. The summed E-state index contributed by atoms with van der Waals surface area (Å²) in [7, 11) is 0. The summed E-state index contributed by atoms with van der Waals surface area (Å²) in [6.07, 6.45) is -3.25. The number of primary amides is 1. The third-order valence-corrected chi connectivity index (χ3v) is 3.94. The molecule has 122 valence electrons. The van der Waals surface area contributed by atoms with Crippen molar-refractivity contribution >= 4 is 5.91 Å². The average molecular weight is 317 g/mol. The first-order chi connectivity index (χ1) is 10.3. The van der Waals surface area contributed by atoms with Crippen LogP contribution < -0.4 is 5.73 Å². The van der Waals surface area contributed by atoms with Crippen molar-refractivity contribution in [2.75, 3.05) is 13.1 Å². The Bertz CT molecular complexity index is 528. The van der Waals surface area contributed by atoms with Crippen LogP contribution in [0.4, 0.5) is 13.2 Å². The van der Waals surface area contributed by atoms with Crippen molar-refractivity contribution in [1.82, 2.24) is 9.88 Å². The first kappa shape index (κ1) is 16.7. The summed E-state index contributed by atoms with van der Waals surface area (Å²) < 4.78 is 38.7. The highest BCUT2D eigenvalue weighted by atomic mass is 19.4. The second-order valence-corrected chi connectivity index (χ2v) is 5.46. The number of hydrogen-bond acceptors (Lipinski definition) is 4. The number of aromatic nitrogens is 1. The van der Waals surface area contributed by atoms with Crippen LogP contribution >= 0.6 is 0 Å². The smallest absolute Gasteiger partial charge is 0.383 e. The zero-order valence-electron chi connectivity index (χ0n) is 11.9. The van der Waals surface area contributed by atoms with Crippen LogP contribution in [0, 0.1) is 5.92 Å². The summed E-state index contributed by atoms with van der Waals surface area (Å²) in [4.78, 5) is 16.6. The number of aliphatic hydroxyl groups is 1. The highest BCUT2D eigenvalue weighted by Gasteiger charge is 2.35. The zero-order valence-corrected chi connectivity index (χ0v) is 11.9. The fourth-order valence-corrected chi connectivity index (χ4v) is 2.69. The number of carbonyl (C=O) groups excluding carboxylic acids is 1. The molecule has 0 unspecified atom stereocenters. The van der Waals surface area contributed by atoms with E-state index in [2.05, 4.69) is 4.98 Å². The van der Waals surface area contributed by atoms with Crippen molar-refractivity contribution in [1.29, 1.82) is 0 Å². The standard InChI is InChI=1S/C14H18F3N3O2/c15-14(16,17)10-2-1-5-19-11(10)8-20-6-3-9(4-7-20)12(21)13(18)22/h1-2,5,9,12,21H,3-4,6-8H2,(H2,18,22)/t12-/m0/s1. The van der Waals surface area contributed by atoms with Gasteiger partial charge in [0.25, 0.3) is 0 Å². The summed E-state index contributed by atoms with van der Waals surface area (Å²) in [5.74, 6) is -0.998. The molecule has 0 bridgehead atoms. The highest BCUT2D eigenvalue weighted by Crippen LogP contribution is 2.32. The van der Waals surface area contributed by atoms with Gasteiger partial charge < -0.3 is 10.8 Å². The summed E-state index contributed by atoms with van der Waals surface area (Å²) >= 11 is 0. The van der Waals surface area contributed by atoms with Crippen LogP contribution in [0.3, 0.4) is 0 Å². The molecule has 1 saturated heterocycles. The molecule has 0 aromatic carbocycles. The van der Waals surface area contributed by atoms with E-state index in [1.54, 1.807) is 0 Å². The molecule has 1 amide bonds. The van der Waals surface area contributed by atoms with Crippen LogP contribution in [-0.2, 0) is 17.5 Å². The highest BCUT2D eigenvalue weighted by molar-refractivity contribution is 5.78. The van der Waals surface area contributed by atoms with Gasteiger partial charge in [0, 0.05) is 12.7 Å². The number of amides is 1. The molecule has 1 aromatic heterocycles. The van der Waals surface area contributed by atoms with Crippen LogP contribution in [0.5, 0.6) is 0 Å². The molecule has 1 aliphatic rings. The number of aliphatic hydroxyl groups excluding tert-OH is 1. The number of piperidine rings is 1. The normalized spacial score (nSPS) is 19.1. The Morgan fingerprint density at radius 3 is 2.64 bits per heavy atom. The number of pyridine rings is 1. The molecule has 0 aliphatic carbocycles. The van der Waals surface area contributed by atoms with Crippen molar-refractivity contribution in [2.24, 2.45) is 11.7 Å². The number of rotatable bonds is 4. The van der Waals surface area contributed by atoms with Crippen molar-refractivity contribution in [3.05, 3.63) is 29.6 Å². The first-order valence-electron chi connectivity index (χ1n) is 7.00. The maximum Gasteiger partial charge on any atom is 0.418 e. The van der Waals surface area contributed by atoms with Gasteiger partial charge in [-0.2, -0.15) is 13.2 Å². The number of nitrogens with two attached hydrogens (primary N) is 1. The van der Waals surface area contributed by atoms with Gasteiger partial charge in [-0.25, -0.2) is 0 Å². The molecule has 22 heavy (non-hydrogen) atoms. The third kappa shape index (κ3) is 3.95. The van der Waals surface area contributed by atoms with E-state index in [-0.39, 0.29) is 18.2 Å². The molecule has 3 N–H and O–H groups in total. The summed E-state index contributed by atoms with van der Waals surface area (Å²) in [6.45, 7) is 1.07. The lowest BCUT2D eigenvalue weighted by Crippen LogP contribution is -2.42.